The number of phenols is 1. The number of aliphatic hydroxyl groups is 1. The highest BCUT2D eigenvalue weighted by molar-refractivity contribution is 6.32. The Morgan fingerprint density at radius 3 is 2.20 bits per heavy atom. The molecule has 3 amide bonds. The summed E-state index contributed by atoms with van der Waals surface area (Å²) in [4.78, 5) is 112. The largest absolute Gasteiger partial charge is 0.505 e. The van der Waals surface area contributed by atoms with Gasteiger partial charge in [-0.05, 0) is 88.2 Å². The molecule has 6 rings (SSSR count). The lowest BCUT2D eigenvalue weighted by atomic mass is 9.52. The Kier molecular flexibility index (Phi) is 11.2. The number of likely N-dealkylation sites (N-methyl/N-ethyl adjacent to an activating group) is 1. The standard InChI is InChI=1S/C42H47N5O12/c1-41(2,3)47(40(56)59-19-58-39(55)22-13-12-20-10-8-9-11-21(20)14-22)18-28(48)44-26-17-27(45(4)5)24-15-23-16-25-32(46(6)7)35(51)31(38(43)54)37(53)42(25,57)36(52)29(23)34(50)30(24)33(26)49/h8-14,17,23,25,29,31-32,49,57H,15-16,18-19H2,1-7H3,(H2,43,54)(H,44,48)/t23-,25-,29?,31?,32-,42-/m0/s1. The van der Waals surface area contributed by atoms with E-state index in [9.17, 15) is 48.6 Å². The second-order valence-corrected chi connectivity index (χ2v) is 16.7. The molecule has 3 aliphatic carbocycles. The summed E-state index contributed by atoms with van der Waals surface area (Å²) >= 11 is 0. The van der Waals surface area contributed by atoms with Crippen LogP contribution in [0.5, 0.6) is 5.75 Å². The molecule has 0 saturated heterocycles. The number of nitrogens with one attached hydrogen (secondary N) is 1. The highest BCUT2D eigenvalue weighted by Gasteiger charge is 2.69. The highest BCUT2D eigenvalue weighted by Crippen LogP contribution is 2.52. The summed E-state index contributed by atoms with van der Waals surface area (Å²) < 4.78 is 10.4. The summed E-state index contributed by atoms with van der Waals surface area (Å²) in [7, 11) is 6.32. The van der Waals surface area contributed by atoms with Crippen molar-refractivity contribution in [3.63, 3.8) is 0 Å². The number of anilines is 2. The summed E-state index contributed by atoms with van der Waals surface area (Å²) in [6.07, 6.45) is -1.11. The van der Waals surface area contributed by atoms with Gasteiger partial charge >= 0.3 is 12.1 Å². The summed E-state index contributed by atoms with van der Waals surface area (Å²) in [5, 5.41) is 27.8. The van der Waals surface area contributed by atoms with Gasteiger partial charge in [-0.15, -0.1) is 0 Å². The van der Waals surface area contributed by atoms with Gasteiger partial charge in [0.25, 0.3) is 0 Å². The van der Waals surface area contributed by atoms with Crippen LogP contribution in [0.25, 0.3) is 10.8 Å². The quantitative estimate of drug-likeness (QED) is 0.105. The van der Waals surface area contributed by atoms with Crippen LogP contribution in [0.2, 0.25) is 0 Å². The molecular formula is C42H47N5O12. The van der Waals surface area contributed by atoms with Crippen molar-refractivity contribution in [3.8, 4) is 5.75 Å². The van der Waals surface area contributed by atoms with Crippen LogP contribution in [0, 0.1) is 23.7 Å². The molecule has 2 unspecified atom stereocenters. The topological polar surface area (TPSA) is 243 Å². The van der Waals surface area contributed by atoms with Crippen LogP contribution >= 0.6 is 0 Å². The van der Waals surface area contributed by atoms with E-state index in [2.05, 4.69) is 5.32 Å². The van der Waals surface area contributed by atoms with E-state index in [1.807, 2.05) is 24.3 Å². The zero-order valence-corrected chi connectivity index (χ0v) is 33.7. The minimum Gasteiger partial charge on any atom is -0.505 e. The zero-order valence-electron chi connectivity index (χ0n) is 33.7. The predicted molar refractivity (Wildman–Crippen MR) is 211 cm³/mol. The van der Waals surface area contributed by atoms with Crippen LogP contribution in [-0.2, 0) is 39.9 Å². The number of aromatic hydroxyl groups is 1. The monoisotopic (exact) mass is 813 g/mol. The average molecular weight is 814 g/mol. The maximum atomic E-state index is 14.4. The maximum absolute atomic E-state index is 14.4. The summed E-state index contributed by atoms with van der Waals surface area (Å²) in [5.74, 6) is -13.8. The van der Waals surface area contributed by atoms with Gasteiger partial charge < -0.3 is 35.6 Å². The Balaban J connectivity index is 1.23. The second-order valence-electron chi connectivity index (χ2n) is 16.7. The Bertz CT molecular complexity index is 2320. The Morgan fingerprint density at radius 2 is 1.59 bits per heavy atom. The first kappa shape index (κ1) is 42.4. The van der Waals surface area contributed by atoms with Crippen LogP contribution < -0.4 is 16.0 Å². The lowest BCUT2D eigenvalue weighted by Crippen LogP contribution is -2.74. The van der Waals surface area contributed by atoms with E-state index in [1.54, 1.807) is 58.0 Å². The van der Waals surface area contributed by atoms with Crippen molar-refractivity contribution in [2.45, 2.75) is 50.8 Å². The number of hydrogen-bond acceptors (Lipinski definition) is 14. The number of esters is 1. The van der Waals surface area contributed by atoms with E-state index in [-0.39, 0.29) is 29.7 Å². The van der Waals surface area contributed by atoms with Gasteiger partial charge in [-0.3, -0.25) is 38.6 Å². The van der Waals surface area contributed by atoms with Crippen molar-refractivity contribution in [2.75, 3.05) is 51.7 Å². The molecule has 0 bridgehead atoms. The molecule has 5 N–H and O–H groups in total. The molecule has 0 aromatic heterocycles. The van der Waals surface area contributed by atoms with E-state index in [4.69, 9.17) is 15.2 Å². The number of carbonyl (C=O) groups excluding carboxylic acids is 8. The number of primary amides is 1. The first-order valence-electron chi connectivity index (χ1n) is 18.9. The molecule has 6 atom stereocenters. The van der Waals surface area contributed by atoms with Gasteiger partial charge in [0.05, 0.1) is 28.8 Å². The number of ketones is 4. The third-order valence-electron chi connectivity index (χ3n) is 11.5. The molecule has 312 valence electrons. The molecule has 59 heavy (non-hydrogen) atoms. The van der Waals surface area contributed by atoms with Gasteiger partial charge in [-0.1, -0.05) is 30.3 Å². The van der Waals surface area contributed by atoms with Gasteiger partial charge in [-0.2, -0.15) is 0 Å². The maximum Gasteiger partial charge on any atom is 0.413 e. The van der Waals surface area contributed by atoms with Crippen LogP contribution in [0.15, 0.2) is 48.5 Å². The molecule has 0 spiro atoms. The number of ether oxygens (including phenoxy) is 2. The van der Waals surface area contributed by atoms with Gasteiger partial charge in [0.2, 0.25) is 18.6 Å². The highest BCUT2D eigenvalue weighted by atomic mass is 16.7. The van der Waals surface area contributed by atoms with Crippen LogP contribution in [0.4, 0.5) is 16.2 Å². The molecule has 3 aromatic rings. The third kappa shape index (κ3) is 7.40. The van der Waals surface area contributed by atoms with Crippen LogP contribution in [0.1, 0.15) is 53.5 Å². The molecule has 17 nitrogen and oxygen atoms in total. The summed E-state index contributed by atoms with van der Waals surface area (Å²) in [5.41, 5.74) is 1.91. The number of hydrogen-bond donors (Lipinski definition) is 4. The first-order chi connectivity index (χ1) is 27.6. The fourth-order valence-corrected chi connectivity index (χ4v) is 8.67. The normalized spacial score (nSPS) is 23.8. The third-order valence-corrected chi connectivity index (χ3v) is 11.5. The number of nitrogens with zero attached hydrogens (tertiary/aromatic N) is 3. The first-order valence-corrected chi connectivity index (χ1v) is 18.9. The fraction of sp³-hybridized carbons (Fsp3) is 0.429. The lowest BCUT2D eigenvalue weighted by molar-refractivity contribution is -0.181. The number of benzene rings is 3. The number of amides is 3. The summed E-state index contributed by atoms with van der Waals surface area (Å²) in [6.45, 7) is 3.54. The van der Waals surface area contributed by atoms with Gasteiger partial charge in [0.1, 0.15) is 12.3 Å². The second kappa shape index (κ2) is 15.5. The molecule has 0 aliphatic heterocycles. The Hall–Kier alpha value is -6.20. The number of nitrogens with two attached hydrogens (primary N) is 1. The van der Waals surface area contributed by atoms with E-state index in [0.29, 0.717) is 11.3 Å². The molecule has 2 saturated carbocycles. The smallest absolute Gasteiger partial charge is 0.413 e. The van der Waals surface area contributed by atoms with Crippen molar-refractivity contribution in [1.82, 2.24) is 9.80 Å². The average Bonchev–Trinajstić information content (AvgIpc) is 3.15. The minimum absolute atomic E-state index is 0.0101. The molecule has 3 aromatic carbocycles. The molecule has 0 radical (unpaired) electrons. The van der Waals surface area contributed by atoms with Crippen molar-refractivity contribution in [1.29, 1.82) is 0 Å². The number of fused-ring (bicyclic) bond motifs is 4. The minimum atomic E-state index is -2.90. The zero-order chi connectivity index (χ0) is 43.5. The molecule has 3 aliphatic rings. The van der Waals surface area contributed by atoms with Crippen LogP contribution in [0.3, 0.4) is 0 Å². The van der Waals surface area contributed by atoms with Crippen molar-refractivity contribution in [3.05, 3.63) is 65.2 Å². The fourth-order valence-electron chi connectivity index (χ4n) is 8.67. The number of phenolic OH excluding ortho intramolecular Hbond substituents is 1. The molecule has 2 fully saturated rings. The van der Waals surface area contributed by atoms with Crippen molar-refractivity contribution in [2.24, 2.45) is 29.4 Å². The van der Waals surface area contributed by atoms with Crippen molar-refractivity contribution < 1.29 is 58.0 Å². The number of rotatable bonds is 9. The Morgan fingerprint density at radius 1 is 0.932 bits per heavy atom. The molecule has 0 heterocycles. The number of Topliss-reactive ketones (excluding diaryl/α,β-unsaturated/α-hetero) is 4. The van der Waals surface area contributed by atoms with Gasteiger partial charge in [0, 0.05) is 31.2 Å². The Labute approximate surface area is 339 Å². The number of carbonyl (C=O) groups is 8. The van der Waals surface area contributed by atoms with Gasteiger partial charge in [0.15, 0.2) is 34.7 Å². The van der Waals surface area contributed by atoms with E-state index in [1.165, 1.54) is 25.1 Å². The van der Waals surface area contributed by atoms with Gasteiger partial charge in [-0.25, -0.2) is 9.59 Å². The van der Waals surface area contributed by atoms with Crippen molar-refractivity contribution >= 4 is 69.2 Å². The van der Waals surface area contributed by atoms with E-state index in [0.717, 1.165) is 15.7 Å². The van der Waals surface area contributed by atoms with E-state index < -0.39 is 107 Å². The summed E-state index contributed by atoms with van der Waals surface area (Å²) in [6, 6.07) is 12.6. The predicted octanol–water partition coefficient (Wildman–Crippen LogP) is 2.08. The lowest BCUT2D eigenvalue weighted by Gasteiger charge is -2.52. The van der Waals surface area contributed by atoms with Crippen LogP contribution in [-0.4, -0.2) is 126 Å². The molecular weight excluding hydrogens is 766 g/mol. The molecule has 17 heteroatoms. The SMILES string of the molecule is CN(C)c1cc(NC(=O)CN(C(=O)OCOC(=O)c2ccc3ccccc3c2)C(C)(C)C)c(O)c2c1C[C@H]1C[C@H]3[C@H](N(C)C)C(=O)C(C(N)=O)C(=O)[C@@]3(O)C(=O)C1C2=O. The van der Waals surface area contributed by atoms with E-state index >= 15 is 0 Å².